The molecular formula is C12H22BrN3. The van der Waals surface area contributed by atoms with Crippen molar-refractivity contribution in [3.63, 3.8) is 0 Å². The van der Waals surface area contributed by atoms with E-state index in [1.165, 1.54) is 23.0 Å². The first kappa shape index (κ1) is 13.7. The second-order valence-corrected chi connectivity index (χ2v) is 4.93. The highest BCUT2D eigenvalue weighted by atomic mass is 79.9. The van der Waals surface area contributed by atoms with Crippen molar-refractivity contribution in [2.75, 3.05) is 7.05 Å². The first-order valence-corrected chi connectivity index (χ1v) is 6.82. The second kappa shape index (κ2) is 6.40. The molecule has 16 heavy (non-hydrogen) atoms. The average molecular weight is 288 g/mol. The van der Waals surface area contributed by atoms with Crippen LogP contribution < -0.4 is 5.32 Å². The Labute approximate surface area is 107 Å². The van der Waals surface area contributed by atoms with E-state index in [0.29, 0.717) is 6.04 Å². The van der Waals surface area contributed by atoms with E-state index in [1.807, 2.05) is 14.0 Å². The Morgan fingerprint density at radius 1 is 1.44 bits per heavy atom. The molecular weight excluding hydrogens is 266 g/mol. The Hall–Kier alpha value is -0.350. The molecule has 0 radical (unpaired) electrons. The minimum Gasteiger partial charge on any atom is -0.317 e. The van der Waals surface area contributed by atoms with E-state index in [-0.39, 0.29) is 0 Å². The van der Waals surface area contributed by atoms with Crippen LogP contribution in [0.4, 0.5) is 0 Å². The summed E-state index contributed by atoms with van der Waals surface area (Å²) in [5.74, 6) is 0. The molecule has 0 spiro atoms. The fourth-order valence-electron chi connectivity index (χ4n) is 1.99. The number of aryl methyl sites for hydroxylation is 2. The highest BCUT2D eigenvalue weighted by molar-refractivity contribution is 9.10. The van der Waals surface area contributed by atoms with Crippen molar-refractivity contribution < 1.29 is 0 Å². The van der Waals surface area contributed by atoms with E-state index in [4.69, 9.17) is 0 Å². The number of hydrogen-bond donors (Lipinski definition) is 1. The first-order chi connectivity index (χ1) is 7.63. The lowest BCUT2D eigenvalue weighted by molar-refractivity contribution is 0.488. The summed E-state index contributed by atoms with van der Waals surface area (Å²) in [6.45, 7) is 7.34. The maximum atomic E-state index is 4.52. The molecule has 1 unspecified atom stereocenters. The second-order valence-electron chi connectivity index (χ2n) is 4.14. The Bertz CT molecular complexity index is 333. The molecule has 0 aliphatic carbocycles. The van der Waals surface area contributed by atoms with Crippen LogP contribution in [-0.2, 0) is 13.0 Å². The summed E-state index contributed by atoms with van der Waals surface area (Å²) >= 11 is 3.64. The summed E-state index contributed by atoms with van der Waals surface area (Å²) in [6.07, 6.45) is 3.46. The van der Waals surface area contributed by atoms with Gasteiger partial charge in [-0.15, -0.1) is 0 Å². The lowest BCUT2D eigenvalue weighted by atomic mass is 10.1. The van der Waals surface area contributed by atoms with Crippen molar-refractivity contribution in [2.45, 2.75) is 52.6 Å². The summed E-state index contributed by atoms with van der Waals surface area (Å²) in [5, 5.41) is 7.90. The molecule has 1 aromatic heterocycles. The van der Waals surface area contributed by atoms with Crippen molar-refractivity contribution in [1.82, 2.24) is 15.1 Å². The van der Waals surface area contributed by atoms with Crippen molar-refractivity contribution in [3.8, 4) is 0 Å². The van der Waals surface area contributed by atoms with E-state index in [2.05, 4.69) is 44.9 Å². The van der Waals surface area contributed by atoms with Crippen molar-refractivity contribution in [1.29, 1.82) is 0 Å². The van der Waals surface area contributed by atoms with Gasteiger partial charge < -0.3 is 5.32 Å². The molecule has 1 rings (SSSR count). The van der Waals surface area contributed by atoms with Crippen LogP contribution in [0.3, 0.4) is 0 Å². The maximum absolute atomic E-state index is 4.52. The van der Waals surface area contributed by atoms with Gasteiger partial charge in [-0.2, -0.15) is 5.10 Å². The average Bonchev–Trinajstić information content (AvgIpc) is 2.55. The predicted molar refractivity (Wildman–Crippen MR) is 71.8 cm³/mol. The summed E-state index contributed by atoms with van der Waals surface area (Å²) in [4.78, 5) is 0. The van der Waals surface area contributed by atoms with Gasteiger partial charge in [-0.3, -0.25) is 4.68 Å². The zero-order chi connectivity index (χ0) is 12.1. The SMILES string of the molecule is CCCC(Cc1c(Br)c(C)nn1CC)NC. The largest absolute Gasteiger partial charge is 0.317 e. The van der Waals surface area contributed by atoms with Crippen LogP contribution in [0.2, 0.25) is 0 Å². The van der Waals surface area contributed by atoms with Crippen LogP contribution in [0.1, 0.15) is 38.1 Å². The van der Waals surface area contributed by atoms with Crippen LogP contribution in [-0.4, -0.2) is 22.9 Å². The topological polar surface area (TPSA) is 29.9 Å². The van der Waals surface area contributed by atoms with Gasteiger partial charge in [-0.05, 0) is 43.2 Å². The molecule has 0 fully saturated rings. The predicted octanol–water partition coefficient (Wildman–Crippen LogP) is 2.90. The van der Waals surface area contributed by atoms with Gasteiger partial charge in [-0.25, -0.2) is 0 Å². The normalized spacial score (nSPS) is 13.1. The van der Waals surface area contributed by atoms with E-state index in [0.717, 1.165) is 18.7 Å². The minimum absolute atomic E-state index is 0.544. The number of rotatable bonds is 6. The van der Waals surface area contributed by atoms with Crippen molar-refractivity contribution in [2.24, 2.45) is 0 Å². The van der Waals surface area contributed by atoms with Crippen molar-refractivity contribution >= 4 is 15.9 Å². The molecule has 3 nitrogen and oxygen atoms in total. The molecule has 0 saturated carbocycles. The number of nitrogens with one attached hydrogen (secondary N) is 1. The van der Waals surface area contributed by atoms with Gasteiger partial charge in [0.1, 0.15) is 0 Å². The van der Waals surface area contributed by atoms with Gasteiger partial charge in [0.15, 0.2) is 0 Å². The zero-order valence-corrected chi connectivity index (χ0v) is 12.3. The van der Waals surface area contributed by atoms with Crippen molar-refractivity contribution in [3.05, 3.63) is 15.9 Å². The van der Waals surface area contributed by atoms with Crippen LogP contribution in [0, 0.1) is 6.92 Å². The minimum atomic E-state index is 0.544. The Morgan fingerprint density at radius 3 is 2.62 bits per heavy atom. The molecule has 0 amide bonds. The molecule has 4 heteroatoms. The molecule has 1 N–H and O–H groups in total. The van der Waals surface area contributed by atoms with Crippen LogP contribution >= 0.6 is 15.9 Å². The van der Waals surface area contributed by atoms with E-state index in [9.17, 15) is 0 Å². The monoisotopic (exact) mass is 287 g/mol. The van der Waals surface area contributed by atoms with Crippen LogP contribution in [0.15, 0.2) is 4.47 Å². The number of halogens is 1. The van der Waals surface area contributed by atoms with Gasteiger partial charge in [0.25, 0.3) is 0 Å². The molecule has 1 aromatic rings. The molecule has 0 bridgehead atoms. The molecule has 1 heterocycles. The maximum Gasteiger partial charge on any atom is 0.0738 e. The van der Waals surface area contributed by atoms with E-state index >= 15 is 0 Å². The zero-order valence-electron chi connectivity index (χ0n) is 10.7. The number of likely N-dealkylation sites (N-methyl/N-ethyl adjacent to an activating group) is 1. The van der Waals surface area contributed by atoms with E-state index in [1.54, 1.807) is 0 Å². The summed E-state index contributed by atoms with van der Waals surface area (Å²) < 4.78 is 3.27. The van der Waals surface area contributed by atoms with Crippen LogP contribution in [0.25, 0.3) is 0 Å². The van der Waals surface area contributed by atoms with Gasteiger partial charge >= 0.3 is 0 Å². The lowest BCUT2D eigenvalue weighted by Gasteiger charge is -2.16. The van der Waals surface area contributed by atoms with Gasteiger partial charge in [-0.1, -0.05) is 13.3 Å². The molecule has 92 valence electrons. The van der Waals surface area contributed by atoms with Gasteiger partial charge in [0.05, 0.1) is 15.9 Å². The van der Waals surface area contributed by atoms with Crippen LogP contribution in [0.5, 0.6) is 0 Å². The standard InChI is InChI=1S/C12H22BrN3/c1-5-7-10(14-4)8-11-12(13)9(3)15-16(11)6-2/h10,14H,5-8H2,1-4H3. The third kappa shape index (κ3) is 3.08. The number of hydrogen-bond acceptors (Lipinski definition) is 2. The number of aromatic nitrogens is 2. The Kier molecular flexibility index (Phi) is 5.49. The third-order valence-corrected chi connectivity index (χ3v) is 3.97. The smallest absolute Gasteiger partial charge is 0.0738 e. The third-order valence-electron chi connectivity index (χ3n) is 2.94. The highest BCUT2D eigenvalue weighted by Gasteiger charge is 2.15. The van der Waals surface area contributed by atoms with Gasteiger partial charge in [0, 0.05) is 19.0 Å². The molecule has 0 saturated heterocycles. The quantitative estimate of drug-likeness (QED) is 0.872. The molecule has 0 aliphatic heterocycles. The molecule has 1 atom stereocenters. The fraction of sp³-hybridized carbons (Fsp3) is 0.750. The lowest BCUT2D eigenvalue weighted by Crippen LogP contribution is -2.28. The fourth-order valence-corrected chi connectivity index (χ4v) is 2.44. The number of nitrogens with zero attached hydrogens (tertiary/aromatic N) is 2. The van der Waals surface area contributed by atoms with E-state index < -0.39 is 0 Å². The summed E-state index contributed by atoms with van der Waals surface area (Å²) in [7, 11) is 2.04. The Morgan fingerprint density at radius 2 is 2.12 bits per heavy atom. The molecule has 0 aliphatic rings. The highest BCUT2D eigenvalue weighted by Crippen LogP contribution is 2.23. The summed E-state index contributed by atoms with van der Waals surface area (Å²) in [5.41, 5.74) is 2.40. The molecule has 0 aromatic carbocycles. The first-order valence-electron chi connectivity index (χ1n) is 6.03. The Balaban J connectivity index is 2.85. The van der Waals surface area contributed by atoms with Gasteiger partial charge in [0.2, 0.25) is 0 Å². The summed E-state index contributed by atoms with van der Waals surface area (Å²) in [6, 6.07) is 0.544.